The topological polar surface area (TPSA) is 38.7 Å². The maximum absolute atomic E-state index is 13.0. The molecule has 0 aliphatic rings. The van der Waals surface area contributed by atoms with E-state index in [4.69, 9.17) is 4.52 Å². The van der Waals surface area contributed by atoms with Crippen molar-refractivity contribution in [2.75, 3.05) is 0 Å². The van der Waals surface area contributed by atoms with Crippen LogP contribution in [-0.2, 0) is 15.4 Å². The normalized spacial score (nSPS) is 15.2. The van der Waals surface area contributed by atoms with Crippen LogP contribution in [0.1, 0.15) is 52.7 Å². The van der Waals surface area contributed by atoms with E-state index in [1.54, 1.807) is 18.2 Å². The van der Waals surface area contributed by atoms with Gasteiger partial charge in [-0.15, -0.1) is 0 Å². The van der Waals surface area contributed by atoms with Gasteiger partial charge in [0.1, 0.15) is 5.75 Å². The van der Waals surface area contributed by atoms with Crippen LogP contribution < -0.4 is 4.52 Å². The van der Waals surface area contributed by atoms with Gasteiger partial charge in [-0.3, -0.25) is 0 Å². The fourth-order valence-corrected chi connectivity index (χ4v) is 2.75. The molecule has 0 aromatic heterocycles. The second-order valence-electron chi connectivity index (χ2n) is 7.62. The van der Waals surface area contributed by atoms with Crippen LogP contribution in [-0.4, -0.2) is 17.2 Å². The van der Waals surface area contributed by atoms with Gasteiger partial charge in [0.15, 0.2) is 0 Å². The third-order valence-corrected chi connectivity index (χ3v) is 4.05. The lowest BCUT2D eigenvalue weighted by Gasteiger charge is -2.30. The van der Waals surface area contributed by atoms with Gasteiger partial charge < -0.3 is 9.42 Å². The maximum atomic E-state index is 13.0. The molecule has 0 saturated carbocycles. The van der Waals surface area contributed by atoms with Crippen LogP contribution >= 0.6 is 8.60 Å². The summed E-state index contributed by atoms with van der Waals surface area (Å²) in [7, 11) is -3.51. The zero-order valence-corrected chi connectivity index (χ0v) is 15.7. The summed E-state index contributed by atoms with van der Waals surface area (Å²) in [5.74, 6) is 0.0501. The summed E-state index contributed by atoms with van der Waals surface area (Å²) in [6, 6.07) is 5.06. The van der Waals surface area contributed by atoms with Crippen molar-refractivity contribution in [1.82, 2.24) is 0 Å². The summed E-state index contributed by atoms with van der Waals surface area (Å²) < 4.78 is 71.2. The van der Waals surface area contributed by atoms with Gasteiger partial charge in [0.2, 0.25) is 0 Å². The van der Waals surface area contributed by atoms with E-state index in [1.165, 1.54) is 0 Å². The zero-order valence-electron chi connectivity index (χ0n) is 14.8. The van der Waals surface area contributed by atoms with E-state index >= 15 is 0 Å². The Kier molecular flexibility index (Phi) is 6.15. The highest BCUT2D eigenvalue weighted by Gasteiger charge is 2.61. The first-order valence-electron chi connectivity index (χ1n) is 7.41. The second-order valence-corrected chi connectivity index (χ2v) is 8.46. The lowest BCUT2D eigenvalue weighted by Crippen LogP contribution is -2.38. The van der Waals surface area contributed by atoms with Gasteiger partial charge in [-0.2, -0.15) is 22.0 Å². The van der Waals surface area contributed by atoms with E-state index in [1.807, 2.05) is 41.5 Å². The number of hydrogen-bond acceptors (Lipinski definition) is 3. The summed E-state index contributed by atoms with van der Waals surface area (Å²) in [6.45, 7) is 11.0. The molecule has 0 bridgehead atoms. The predicted molar refractivity (Wildman–Crippen MR) is 85.7 cm³/mol. The largest absolute Gasteiger partial charge is 0.483 e. The Bertz CT molecular complexity index is 571. The fraction of sp³-hybridized carbons (Fsp3) is 0.625. The molecule has 1 atom stereocenters. The summed E-state index contributed by atoms with van der Waals surface area (Å²) in [4.78, 5) is 9.62. The van der Waals surface area contributed by atoms with Gasteiger partial charge in [0, 0.05) is 11.1 Å². The van der Waals surface area contributed by atoms with Crippen molar-refractivity contribution < 1.29 is 35.9 Å². The molecule has 0 amide bonds. The van der Waals surface area contributed by atoms with E-state index in [-0.39, 0.29) is 5.75 Å². The van der Waals surface area contributed by atoms with Crippen LogP contribution in [0.15, 0.2) is 18.2 Å². The molecule has 25 heavy (non-hydrogen) atoms. The van der Waals surface area contributed by atoms with Crippen molar-refractivity contribution in [3.05, 3.63) is 29.3 Å². The zero-order chi connectivity index (χ0) is 19.8. The first-order valence-corrected chi connectivity index (χ1v) is 8.54. The Morgan fingerprint density at radius 3 is 1.56 bits per heavy atom. The lowest BCUT2D eigenvalue weighted by atomic mass is 9.80. The number of halogens is 5. The van der Waals surface area contributed by atoms with E-state index in [2.05, 4.69) is 4.52 Å². The Labute approximate surface area is 145 Å². The average Bonchev–Trinajstić information content (AvgIpc) is 2.33. The van der Waals surface area contributed by atoms with Crippen LogP contribution in [0.2, 0.25) is 0 Å². The summed E-state index contributed by atoms with van der Waals surface area (Å²) in [5.41, 5.74) is 0.110. The second kappa shape index (κ2) is 6.97. The van der Waals surface area contributed by atoms with E-state index in [9.17, 15) is 26.8 Å². The van der Waals surface area contributed by atoms with Crippen LogP contribution in [0.5, 0.6) is 5.75 Å². The van der Waals surface area contributed by atoms with Crippen molar-refractivity contribution in [1.29, 1.82) is 0 Å². The Morgan fingerprint density at radius 2 is 1.24 bits per heavy atom. The number of alkyl halides is 5. The van der Waals surface area contributed by atoms with E-state index < -0.39 is 31.7 Å². The molecule has 1 N–H and O–H groups in total. The van der Waals surface area contributed by atoms with E-state index in [0.717, 1.165) is 0 Å². The first-order chi connectivity index (χ1) is 11.0. The predicted octanol–water partition coefficient (Wildman–Crippen LogP) is 6.05. The first kappa shape index (κ1) is 22.1. The molecule has 0 aliphatic heterocycles. The quantitative estimate of drug-likeness (QED) is 0.504. The van der Waals surface area contributed by atoms with Crippen molar-refractivity contribution >= 4 is 8.60 Å². The van der Waals surface area contributed by atoms with Gasteiger partial charge in [0.25, 0.3) is 0 Å². The van der Waals surface area contributed by atoms with Crippen molar-refractivity contribution in [3.63, 3.8) is 0 Å². The number of para-hydroxylation sites is 1. The molecule has 0 saturated heterocycles. The lowest BCUT2D eigenvalue weighted by molar-refractivity contribution is -0.362. The van der Waals surface area contributed by atoms with Crippen LogP contribution in [0, 0.1) is 0 Å². The minimum absolute atomic E-state index is 0.0501. The third kappa shape index (κ3) is 5.50. The SMILES string of the molecule is CC(C)(C)c1cccc(C(C)(C)C)c1OP(O)OC(F)(F)C(F)(F)F. The molecule has 1 aromatic carbocycles. The molecule has 144 valence electrons. The summed E-state index contributed by atoms with van der Waals surface area (Å²) in [5, 5.41) is 0. The molecule has 0 fully saturated rings. The number of hydrogen-bond donors (Lipinski definition) is 1. The minimum Gasteiger partial charge on any atom is -0.426 e. The molecule has 0 aliphatic carbocycles. The molecule has 1 rings (SSSR count). The molecular weight excluding hydrogens is 366 g/mol. The van der Waals surface area contributed by atoms with Gasteiger partial charge >= 0.3 is 20.9 Å². The molecule has 0 radical (unpaired) electrons. The van der Waals surface area contributed by atoms with Gasteiger partial charge in [-0.1, -0.05) is 59.7 Å². The Balaban J connectivity index is 3.28. The Hall–Kier alpha value is -0.980. The van der Waals surface area contributed by atoms with Gasteiger partial charge in [-0.25, -0.2) is 4.52 Å². The van der Waals surface area contributed by atoms with Crippen LogP contribution in [0.4, 0.5) is 22.0 Å². The van der Waals surface area contributed by atoms with Crippen molar-refractivity contribution in [3.8, 4) is 5.75 Å². The molecule has 3 nitrogen and oxygen atoms in total. The highest BCUT2D eigenvalue weighted by Crippen LogP contribution is 2.50. The van der Waals surface area contributed by atoms with Crippen molar-refractivity contribution in [2.45, 2.75) is 64.7 Å². The monoisotopic (exact) mass is 388 g/mol. The molecule has 1 aromatic rings. The fourth-order valence-electron chi connectivity index (χ4n) is 2.06. The minimum atomic E-state index is -5.95. The summed E-state index contributed by atoms with van der Waals surface area (Å²) in [6.07, 6.45) is -11.5. The number of rotatable bonds is 4. The maximum Gasteiger partial charge on any atom is 0.483 e. The molecule has 0 heterocycles. The van der Waals surface area contributed by atoms with Crippen molar-refractivity contribution in [2.24, 2.45) is 0 Å². The van der Waals surface area contributed by atoms with Crippen LogP contribution in [0.25, 0.3) is 0 Å². The highest BCUT2D eigenvalue weighted by molar-refractivity contribution is 7.41. The standard InChI is InChI=1S/C16H22F5O3P/c1-13(2,3)10-8-7-9-11(14(4,5)6)12(10)23-25(22)24-16(20,21)15(17,18)19/h7-9,22H,1-6H3. The molecular formula is C16H22F5O3P. The molecule has 0 spiro atoms. The highest BCUT2D eigenvalue weighted by atomic mass is 31.2. The third-order valence-electron chi connectivity index (χ3n) is 3.32. The Morgan fingerprint density at radius 1 is 0.840 bits per heavy atom. The smallest absolute Gasteiger partial charge is 0.426 e. The molecule has 1 unspecified atom stereocenters. The average molecular weight is 388 g/mol. The van der Waals surface area contributed by atoms with E-state index in [0.29, 0.717) is 11.1 Å². The van der Waals surface area contributed by atoms with Gasteiger partial charge in [-0.05, 0) is 10.8 Å². The van der Waals surface area contributed by atoms with Crippen LogP contribution in [0.3, 0.4) is 0 Å². The van der Waals surface area contributed by atoms with Gasteiger partial charge in [0.05, 0.1) is 0 Å². The number of benzene rings is 1. The summed E-state index contributed by atoms with van der Waals surface area (Å²) >= 11 is 0. The molecule has 9 heteroatoms.